The fourth-order valence-electron chi connectivity index (χ4n) is 2.49. The molecule has 0 aliphatic carbocycles. The van der Waals surface area contributed by atoms with E-state index >= 15 is 0 Å². The number of aliphatic hydroxyl groups excluding tert-OH is 2. The molecule has 0 saturated carbocycles. The van der Waals surface area contributed by atoms with Gasteiger partial charge in [-0.1, -0.05) is 11.6 Å². The first-order valence-corrected chi connectivity index (χ1v) is 6.68. The predicted octanol–water partition coefficient (Wildman–Crippen LogP) is -1.83. The molecule has 11 heteroatoms. The van der Waals surface area contributed by atoms with Crippen LogP contribution in [-0.2, 0) is 10.6 Å². The summed E-state index contributed by atoms with van der Waals surface area (Å²) in [6.45, 7) is 0.551. The Labute approximate surface area is 128 Å². The molecule has 1 aliphatic rings. The number of ether oxygens (including phenoxy) is 1. The fourth-order valence-corrected chi connectivity index (χ4v) is 2.71. The lowest BCUT2D eigenvalue weighted by Crippen LogP contribution is -2.55. The lowest BCUT2D eigenvalue weighted by molar-refractivity contribution is -0.317. The average Bonchev–Trinajstić information content (AvgIpc) is 2.93. The van der Waals surface area contributed by atoms with Crippen LogP contribution in [0, 0.1) is 0 Å². The number of fused-ring (bicyclic) bond motifs is 1. The monoisotopic (exact) mass is 331 g/mol. The Morgan fingerprint density at radius 1 is 1.45 bits per heavy atom. The Morgan fingerprint density at radius 3 is 2.73 bits per heavy atom. The Balaban J connectivity index is 2.22. The lowest BCUT2D eigenvalue weighted by Gasteiger charge is -2.34. The molecule has 120 valence electrons. The van der Waals surface area contributed by atoms with Gasteiger partial charge in [-0.15, -0.1) is 0 Å². The molecule has 0 bridgehead atoms. The van der Waals surface area contributed by atoms with Crippen LogP contribution >= 0.6 is 11.6 Å². The maximum absolute atomic E-state index is 10.8. The third-order valence-corrected chi connectivity index (χ3v) is 4.04. The van der Waals surface area contributed by atoms with Crippen LogP contribution in [0.1, 0.15) is 6.92 Å². The van der Waals surface area contributed by atoms with Gasteiger partial charge < -0.3 is 30.9 Å². The van der Waals surface area contributed by atoms with Crippen molar-refractivity contribution in [3.05, 3.63) is 11.5 Å². The second-order valence-electron chi connectivity index (χ2n) is 5.20. The largest absolute Gasteiger partial charge is 0.394 e. The molecule has 10 nitrogen and oxygen atoms in total. The van der Waals surface area contributed by atoms with E-state index in [-0.39, 0.29) is 22.3 Å². The molecule has 2 aromatic heterocycles. The number of aliphatic hydroxyl groups is 4. The van der Waals surface area contributed by atoms with Crippen molar-refractivity contribution in [1.29, 1.82) is 0 Å². The molecule has 0 radical (unpaired) electrons. The topological polar surface area (TPSA) is 160 Å². The number of nitrogen functional groups attached to an aromatic ring is 1. The van der Waals surface area contributed by atoms with E-state index in [9.17, 15) is 20.4 Å². The van der Waals surface area contributed by atoms with E-state index in [1.165, 1.54) is 0 Å². The van der Waals surface area contributed by atoms with Gasteiger partial charge in [0, 0.05) is 0 Å². The zero-order valence-corrected chi connectivity index (χ0v) is 12.1. The molecule has 1 aliphatic heterocycles. The van der Waals surface area contributed by atoms with Gasteiger partial charge in [0.1, 0.15) is 24.1 Å². The smallest absolute Gasteiger partial charge is 0.288 e. The van der Waals surface area contributed by atoms with Gasteiger partial charge in [0.05, 0.1) is 6.61 Å². The molecule has 4 atom stereocenters. The Morgan fingerprint density at radius 2 is 2.14 bits per heavy atom. The predicted molar refractivity (Wildman–Crippen MR) is 73.5 cm³/mol. The first-order chi connectivity index (χ1) is 10.2. The summed E-state index contributed by atoms with van der Waals surface area (Å²) in [7, 11) is 0. The van der Waals surface area contributed by atoms with Gasteiger partial charge in [-0.3, -0.25) is 4.57 Å². The van der Waals surface area contributed by atoms with Crippen LogP contribution in [0.5, 0.6) is 0 Å². The van der Waals surface area contributed by atoms with Gasteiger partial charge in [0.25, 0.3) is 5.91 Å². The van der Waals surface area contributed by atoms with Crippen molar-refractivity contribution < 1.29 is 25.2 Å². The summed E-state index contributed by atoms with van der Waals surface area (Å²) in [5.74, 6) is -2.60. The van der Waals surface area contributed by atoms with E-state index in [1.807, 2.05) is 0 Å². The van der Waals surface area contributed by atoms with Crippen molar-refractivity contribution in [3.63, 3.8) is 0 Å². The average molecular weight is 332 g/mol. The Kier molecular flexibility index (Phi) is 3.29. The second-order valence-corrected chi connectivity index (χ2v) is 5.56. The number of aromatic nitrogens is 4. The van der Waals surface area contributed by atoms with E-state index in [4.69, 9.17) is 22.1 Å². The molecule has 0 unspecified atom stereocenters. The number of nitrogens with zero attached hydrogens (tertiary/aromatic N) is 4. The molecule has 2 aromatic rings. The minimum Gasteiger partial charge on any atom is -0.394 e. The van der Waals surface area contributed by atoms with Crippen LogP contribution in [0.2, 0.25) is 5.15 Å². The number of anilines is 1. The van der Waals surface area contributed by atoms with Crippen molar-refractivity contribution in [2.75, 3.05) is 12.3 Å². The van der Waals surface area contributed by atoms with Gasteiger partial charge in [-0.2, -0.15) is 9.97 Å². The van der Waals surface area contributed by atoms with E-state index in [2.05, 4.69) is 15.0 Å². The number of nitrogens with two attached hydrogens (primary N) is 1. The highest BCUT2D eigenvalue weighted by atomic mass is 35.5. The third-order valence-electron chi connectivity index (χ3n) is 3.78. The van der Waals surface area contributed by atoms with Crippen molar-refractivity contribution in [3.8, 4) is 0 Å². The molecule has 22 heavy (non-hydrogen) atoms. The van der Waals surface area contributed by atoms with Crippen molar-refractivity contribution in [2.45, 2.75) is 30.6 Å². The van der Waals surface area contributed by atoms with Crippen LogP contribution in [0.3, 0.4) is 0 Å². The summed E-state index contributed by atoms with van der Waals surface area (Å²) in [6, 6.07) is 0. The van der Waals surface area contributed by atoms with E-state index in [1.54, 1.807) is 0 Å². The second kappa shape index (κ2) is 4.72. The third kappa shape index (κ3) is 1.82. The molecule has 1 fully saturated rings. The summed E-state index contributed by atoms with van der Waals surface area (Å²) in [5, 5.41) is 40.4. The van der Waals surface area contributed by atoms with Crippen LogP contribution in [0.15, 0.2) is 6.33 Å². The highest BCUT2D eigenvalue weighted by molar-refractivity contribution is 6.33. The van der Waals surface area contributed by atoms with Gasteiger partial charge in [-0.25, -0.2) is 4.98 Å². The van der Waals surface area contributed by atoms with Crippen LogP contribution in [-0.4, -0.2) is 64.4 Å². The molecule has 0 aromatic carbocycles. The van der Waals surface area contributed by atoms with Gasteiger partial charge in [0.2, 0.25) is 5.95 Å². The normalized spacial score (nSPS) is 35.4. The van der Waals surface area contributed by atoms with Crippen molar-refractivity contribution >= 4 is 28.7 Å². The maximum Gasteiger partial charge on any atom is 0.288 e. The molecule has 1 saturated heterocycles. The van der Waals surface area contributed by atoms with Gasteiger partial charge in [-0.05, 0) is 6.92 Å². The van der Waals surface area contributed by atoms with Crippen LogP contribution in [0.4, 0.5) is 5.95 Å². The Bertz CT molecular complexity index is 737. The summed E-state index contributed by atoms with van der Waals surface area (Å²) in [6.07, 6.45) is -1.63. The maximum atomic E-state index is 10.8. The number of hydrogen-bond donors (Lipinski definition) is 5. The minimum atomic E-state index is -2.43. The van der Waals surface area contributed by atoms with Crippen molar-refractivity contribution in [2.24, 2.45) is 0 Å². The number of rotatable bonds is 2. The summed E-state index contributed by atoms with van der Waals surface area (Å²) in [4.78, 5) is 11.6. The van der Waals surface area contributed by atoms with E-state index in [0.29, 0.717) is 0 Å². The van der Waals surface area contributed by atoms with Crippen LogP contribution < -0.4 is 5.73 Å². The molecule has 6 N–H and O–H groups in total. The minimum absolute atomic E-state index is 0.00562. The summed E-state index contributed by atoms with van der Waals surface area (Å²) >= 11 is 5.90. The molecule has 3 rings (SSSR count). The molecule has 3 heterocycles. The van der Waals surface area contributed by atoms with Gasteiger partial charge in [0.15, 0.2) is 16.4 Å². The lowest BCUT2D eigenvalue weighted by atomic mass is 9.94. The Hall–Kier alpha value is -1.56. The van der Waals surface area contributed by atoms with Crippen LogP contribution in [0.25, 0.3) is 11.2 Å². The fraction of sp³-hybridized carbons (Fsp3) is 0.545. The zero-order chi connectivity index (χ0) is 16.3. The van der Waals surface area contributed by atoms with E-state index < -0.39 is 30.3 Å². The van der Waals surface area contributed by atoms with Gasteiger partial charge >= 0.3 is 0 Å². The molecule has 0 amide bonds. The zero-order valence-electron chi connectivity index (χ0n) is 11.4. The molecule has 0 spiro atoms. The van der Waals surface area contributed by atoms with Crippen molar-refractivity contribution in [1.82, 2.24) is 19.5 Å². The number of halogens is 1. The molecular weight excluding hydrogens is 318 g/mol. The highest BCUT2D eigenvalue weighted by Crippen LogP contribution is 2.43. The quantitative estimate of drug-likeness (QED) is 0.398. The first kappa shape index (κ1) is 15.3. The first-order valence-electron chi connectivity index (χ1n) is 6.30. The standard InChI is InChI=1S/C11H14ClN5O5/c1-10(20)6(19)4(2-18)22-11(10,21)17-3-14-5-7(12)15-9(13)16-8(5)17/h3-4,6,18-21H,2H2,1H3,(H2,13,15,16)/t4-,6-,10-,11+/m1/s1. The molecular formula is C11H14ClN5O5. The summed E-state index contributed by atoms with van der Waals surface area (Å²) in [5.41, 5.74) is 3.50. The SMILES string of the molecule is C[C@@]1(O)[C@H](O)[C@@H](CO)O[C@]1(O)n1cnc2c(Cl)nc(N)nc21. The number of hydrogen-bond acceptors (Lipinski definition) is 9. The summed E-state index contributed by atoms with van der Waals surface area (Å²) < 4.78 is 6.22. The highest BCUT2D eigenvalue weighted by Gasteiger charge is 2.64. The number of imidazole rings is 1. The van der Waals surface area contributed by atoms with E-state index in [0.717, 1.165) is 17.8 Å².